The normalized spacial score (nSPS) is 13.5. The van der Waals surface area contributed by atoms with Gasteiger partial charge in [0.15, 0.2) is 11.5 Å². The lowest BCUT2D eigenvalue weighted by Gasteiger charge is -2.20. The van der Waals surface area contributed by atoms with E-state index in [0.717, 1.165) is 10.6 Å². The summed E-state index contributed by atoms with van der Waals surface area (Å²) in [6, 6.07) is 10.2. The summed E-state index contributed by atoms with van der Waals surface area (Å²) >= 11 is 0. The highest BCUT2D eigenvalue weighted by molar-refractivity contribution is 7.88. The zero-order valence-electron chi connectivity index (χ0n) is 14.2. The molecule has 1 aromatic carbocycles. The monoisotopic (exact) mass is 377 g/mol. The van der Waals surface area contributed by atoms with Crippen molar-refractivity contribution in [3.8, 4) is 11.5 Å². The third kappa shape index (κ3) is 4.70. The second kappa shape index (κ2) is 7.71. The average molecular weight is 377 g/mol. The van der Waals surface area contributed by atoms with Gasteiger partial charge < -0.3 is 14.8 Å². The zero-order chi connectivity index (χ0) is 18.6. The van der Waals surface area contributed by atoms with Crippen LogP contribution in [0.5, 0.6) is 11.5 Å². The summed E-state index contributed by atoms with van der Waals surface area (Å²) in [7, 11) is -3.58. The van der Waals surface area contributed by atoms with Crippen molar-refractivity contribution >= 4 is 21.6 Å². The Labute approximate surface area is 151 Å². The maximum absolute atomic E-state index is 12.3. The van der Waals surface area contributed by atoms with Gasteiger partial charge in [0.05, 0.1) is 25.0 Å². The molecule has 2 heterocycles. The lowest BCUT2D eigenvalue weighted by Crippen LogP contribution is -2.37. The number of anilines is 1. The Balaban J connectivity index is 1.68. The van der Waals surface area contributed by atoms with Crippen LogP contribution < -0.4 is 14.8 Å². The summed E-state index contributed by atoms with van der Waals surface area (Å²) in [5.41, 5.74) is 1.07. The van der Waals surface area contributed by atoms with Gasteiger partial charge in [-0.05, 0) is 24.3 Å². The number of hydrogen-bond donors (Lipinski definition) is 1. The maximum atomic E-state index is 12.3. The topological polar surface area (TPSA) is 97.8 Å². The number of rotatable bonds is 6. The van der Waals surface area contributed by atoms with E-state index in [1.165, 1.54) is 0 Å². The molecule has 8 nitrogen and oxygen atoms in total. The number of pyridine rings is 1. The van der Waals surface area contributed by atoms with Crippen LogP contribution in [0.15, 0.2) is 42.6 Å². The highest BCUT2D eigenvalue weighted by Crippen LogP contribution is 2.32. The van der Waals surface area contributed by atoms with Crippen LogP contribution in [0.1, 0.15) is 5.69 Å². The molecule has 0 fully saturated rings. The molecule has 0 radical (unpaired) electrons. The fourth-order valence-corrected chi connectivity index (χ4v) is 3.16. The molecule has 0 spiro atoms. The molecule has 0 saturated heterocycles. The van der Waals surface area contributed by atoms with Gasteiger partial charge in [0.25, 0.3) is 0 Å². The van der Waals surface area contributed by atoms with E-state index in [0.29, 0.717) is 36.1 Å². The van der Waals surface area contributed by atoms with Crippen molar-refractivity contribution in [3.63, 3.8) is 0 Å². The Morgan fingerprint density at radius 2 is 1.96 bits per heavy atom. The molecule has 2 aromatic rings. The fourth-order valence-electron chi connectivity index (χ4n) is 2.44. The third-order valence-corrected chi connectivity index (χ3v) is 4.88. The Morgan fingerprint density at radius 1 is 1.19 bits per heavy atom. The molecule has 1 amide bonds. The van der Waals surface area contributed by atoms with Crippen molar-refractivity contribution in [1.82, 2.24) is 9.29 Å². The Bertz CT molecular complexity index is 887. The van der Waals surface area contributed by atoms with Gasteiger partial charge in [-0.25, -0.2) is 8.42 Å². The lowest BCUT2D eigenvalue weighted by atomic mass is 10.2. The van der Waals surface area contributed by atoms with E-state index >= 15 is 0 Å². The van der Waals surface area contributed by atoms with E-state index in [9.17, 15) is 13.2 Å². The molecule has 3 rings (SSSR count). The van der Waals surface area contributed by atoms with Crippen LogP contribution in [-0.4, -0.2) is 49.6 Å². The first kappa shape index (κ1) is 18.2. The number of hydrogen-bond acceptors (Lipinski definition) is 6. The van der Waals surface area contributed by atoms with Gasteiger partial charge in [0, 0.05) is 18.0 Å². The van der Waals surface area contributed by atoms with E-state index in [-0.39, 0.29) is 13.1 Å². The Morgan fingerprint density at radius 3 is 2.65 bits per heavy atom. The molecule has 1 aromatic heterocycles. The summed E-state index contributed by atoms with van der Waals surface area (Å²) < 4.78 is 36.0. The first-order chi connectivity index (χ1) is 12.4. The van der Waals surface area contributed by atoms with Crippen molar-refractivity contribution in [3.05, 3.63) is 48.3 Å². The summed E-state index contributed by atoms with van der Waals surface area (Å²) in [4.78, 5) is 16.4. The smallest absolute Gasteiger partial charge is 0.239 e. The standard InChI is InChI=1S/C17H19N3O5S/c1-26(22,23)20(11-14-4-2-3-7-18-14)12-17(21)19-13-5-6-15-16(10-13)25-9-8-24-15/h2-7,10H,8-9,11-12H2,1H3,(H,19,21). The third-order valence-electron chi connectivity index (χ3n) is 3.68. The van der Waals surface area contributed by atoms with Crippen LogP contribution in [-0.2, 0) is 21.4 Å². The van der Waals surface area contributed by atoms with Crippen molar-refractivity contribution in [1.29, 1.82) is 0 Å². The summed E-state index contributed by atoms with van der Waals surface area (Å²) in [6.07, 6.45) is 2.64. The minimum Gasteiger partial charge on any atom is -0.486 e. The van der Waals surface area contributed by atoms with Crippen LogP contribution in [0.2, 0.25) is 0 Å². The first-order valence-corrected chi connectivity index (χ1v) is 9.81. The quantitative estimate of drug-likeness (QED) is 0.814. The van der Waals surface area contributed by atoms with Gasteiger partial charge in [-0.3, -0.25) is 9.78 Å². The second-order valence-electron chi connectivity index (χ2n) is 5.76. The van der Waals surface area contributed by atoms with E-state index < -0.39 is 15.9 Å². The van der Waals surface area contributed by atoms with Crippen molar-refractivity contribution in [2.24, 2.45) is 0 Å². The molecule has 1 aliphatic rings. The number of carbonyl (C=O) groups excluding carboxylic acids is 1. The number of aromatic nitrogens is 1. The molecule has 26 heavy (non-hydrogen) atoms. The van der Waals surface area contributed by atoms with Crippen LogP contribution >= 0.6 is 0 Å². The SMILES string of the molecule is CS(=O)(=O)N(CC(=O)Nc1ccc2c(c1)OCCO2)Cc1ccccn1. The lowest BCUT2D eigenvalue weighted by molar-refractivity contribution is -0.116. The van der Waals surface area contributed by atoms with Crippen molar-refractivity contribution in [2.75, 3.05) is 31.3 Å². The molecule has 0 unspecified atom stereocenters. The summed E-state index contributed by atoms with van der Waals surface area (Å²) in [6.45, 7) is 0.629. The number of amides is 1. The number of ether oxygens (including phenoxy) is 2. The van der Waals surface area contributed by atoms with Gasteiger partial charge >= 0.3 is 0 Å². The second-order valence-corrected chi connectivity index (χ2v) is 7.74. The number of carbonyl (C=O) groups is 1. The van der Waals surface area contributed by atoms with E-state index in [1.54, 1.807) is 42.6 Å². The minimum absolute atomic E-state index is 0.0221. The van der Waals surface area contributed by atoms with Crippen molar-refractivity contribution in [2.45, 2.75) is 6.54 Å². The Kier molecular flexibility index (Phi) is 5.38. The van der Waals surface area contributed by atoms with Gasteiger partial charge in [-0.15, -0.1) is 0 Å². The van der Waals surface area contributed by atoms with Gasteiger partial charge in [-0.2, -0.15) is 4.31 Å². The molecule has 1 N–H and O–H groups in total. The van der Waals surface area contributed by atoms with Crippen LogP contribution in [0.25, 0.3) is 0 Å². The molecule has 0 atom stereocenters. The van der Waals surface area contributed by atoms with E-state index in [2.05, 4.69) is 10.3 Å². The average Bonchev–Trinajstić information content (AvgIpc) is 2.61. The molecule has 1 aliphatic heterocycles. The summed E-state index contributed by atoms with van der Waals surface area (Å²) in [5.74, 6) is 0.702. The largest absolute Gasteiger partial charge is 0.486 e. The summed E-state index contributed by atoms with van der Waals surface area (Å²) in [5, 5.41) is 2.68. The van der Waals surface area contributed by atoms with Crippen LogP contribution in [0.3, 0.4) is 0 Å². The van der Waals surface area contributed by atoms with Crippen LogP contribution in [0, 0.1) is 0 Å². The molecule has 0 bridgehead atoms. The highest BCUT2D eigenvalue weighted by atomic mass is 32.2. The van der Waals surface area contributed by atoms with Gasteiger partial charge in [0.2, 0.25) is 15.9 Å². The fraction of sp³-hybridized carbons (Fsp3) is 0.294. The molecule has 9 heteroatoms. The predicted molar refractivity (Wildman–Crippen MR) is 95.6 cm³/mol. The van der Waals surface area contributed by atoms with Crippen LogP contribution in [0.4, 0.5) is 5.69 Å². The minimum atomic E-state index is -3.58. The number of nitrogens with zero attached hydrogens (tertiary/aromatic N) is 2. The molecule has 0 saturated carbocycles. The maximum Gasteiger partial charge on any atom is 0.239 e. The number of fused-ring (bicyclic) bond motifs is 1. The number of nitrogens with one attached hydrogen (secondary N) is 1. The predicted octanol–water partition coefficient (Wildman–Crippen LogP) is 1.25. The Hall–Kier alpha value is -2.65. The highest BCUT2D eigenvalue weighted by Gasteiger charge is 2.21. The molecular weight excluding hydrogens is 358 g/mol. The zero-order valence-corrected chi connectivity index (χ0v) is 15.0. The molecule has 138 valence electrons. The number of benzene rings is 1. The van der Waals surface area contributed by atoms with Gasteiger partial charge in [0.1, 0.15) is 13.2 Å². The molecule has 0 aliphatic carbocycles. The number of sulfonamides is 1. The van der Waals surface area contributed by atoms with E-state index in [4.69, 9.17) is 9.47 Å². The van der Waals surface area contributed by atoms with E-state index in [1.807, 2.05) is 0 Å². The van der Waals surface area contributed by atoms with Crippen molar-refractivity contribution < 1.29 is 22.7 Å². The first-order valence-electron chi connectivity index (χ1n) is 7.96. The molecular formula is C17H19N3O5S. The van der Waals surface area contributed by atoms with Gasteiger partial charge in [-0.1, -0.05) is 6.07 Å².